The minimum Gasteiger partial charge on any atom is -0.374 e. The van der Waals surface area contributed by atoms with Crippen LogP contribution in [0.2, 0.25) is 0 Å². The van der Waals surface area contributed by atoms with E-state index in [9.17, 15) is 4.79 Å². The topological polar surface area (TPSA) is 85.8 Å². The number of morpholine rings is 1. The van der Waals surface area contributed by atoms with Gasteiger partial charge in [-0.25, -0.2) is 4.98 Å². The lowest BCUT2D eigenvalue weighted by Gasteiger charge is -2.37. The molecule has 2 atom stereocenters. The molecule has 8 heteroatoms. The molecular formula is C18H19N5O3. The van der Waals surface area contributed by atoms with E-state index in [-0.39, 0.29) is 18.1 Å². The average molecular weight is 353 g/mol. The molecule has 1 aliphatic heterocycles. The van der Waals surface area contributed by atoms with Crippen LogP contribution in [0.15, 0.2) is 35.4 Å². The quantitative estimate of drug-likeness (QED) is 0.717. The molecule has 134 valence electrons. The number of hydrogen-bond donors (Lipinski definition) is 0. The summed E-state index contributed by atoms with van der Waals surface area (Å²) in [4.78, 5) is 23.6. The fourth-order valence-electron chi connectivity index (χ4n) is 3.47. The van der Waals surface area contributed by atoms with E-state index >= 15 is 0 Å². The summed E-state index contributed by atoms with van der Waals surface area (Å²) < 4.78 is 13.1. The van der Waals surface area contributed by atoms with Crippen molar-refractivity contribution in [3.63, 3.8) is 0 Å². The fourth-order valence-corrected chi connectivity index (χ4v) is 3.47. The highest BCUT2D eigenvalue weighted by atomic mass is 16.5. The van der Waals surface area contributed by atoms with Crippen LogP contribution in [-0.4, -0.2) is 49.6 Å². The van der Waals surface area contributed by atoms with Crippen molar-refractivity contribution in [2.45, 2.75) is 37.8 Å². The highest BCUT2D eigenvalue weighted by Gasteiger charge is 2.39. The van der Waals surface area contributed by atoms with Gasteiger partial charge in [-0.05, 0) is 31.9 Å². The maximum absolute atomic E-state index is 13.2. The lowest BCUT2D eigenvalue weighted by Crippen LogP contribution is -2.47. The van der Waals surface area contributed by atoms with Crippen LogP contribution in [0.3, 0.4) is 0 Å². The van der Waals surface area contributed by atoms with Crippen LogP contribution in [0.5, 0.6) is 0 Å². The molecule has 5 rings (SSSR count). The molecule has 0 spiro atoms. The van der Waals surface area contributed by atoms with Gasteiger partial charge in [0.2, 0.25) is 0 Å². The van der Waals surface area contributed by atoms with Gasteiger partial charge in [-0.2, -0.15) is 4.98 Å². The van der Waals surface area contributed by atoms with Crippen molar-refractivity contribution < 1.29 is 14.1 Å². The highest BCUT2D eigenvalue weighted by Crippen LogP contribution is 2.39. The fraction of sp³-hybridized carbons (Fsp3) is 0.444. The first-order valence-electron chi connectivity index (χ1n) is 8.88. The average Bonchev–Trinajstić information content (AvgIpc) is 3.20. The largest absolute Gasteiger partial charge is 0.374 e. The zero-order chi connectivity index (χ0) is 17.7. The number of pyridine rings is 1. The number of hydrogen-bond acceptors (Lipinski definition) is 6. The number of fused-ring (bicyclic) bond motifs is 1. The lowest BCUT2D eigenvalue weighted by molar-refractivity contribution is -0.0600. The van der Waals surface area contributed by atoms with Crippen molar-refractivity contribution in [2.75, 3.05) is 13.2 Å². The normalized spacial score (nSPS) is 23.5. The van der Waals surface area contributed by atoms with Gasteiger partial charge < -0.3 is 18.6 Å². The predicted molar refractivity (Wildman–Crippen MR) is 90.7 cm³/mol. The van der Waals surface area contributed by atoms with E-state index in [2.05, 4.69) is 15.1 Å². The van der Waals surface area contributed by atoms with E-state index < -0.39 is 0 Å². The van der Waals surface area contributed by atoms with Crippen molar-refractivity contribution in [1.29, 1.82) is 0 Å². The Labute approximate surface area is 149 Å². The smallest absolute Gasteiger partial charge is 0.256 e. The van der Waals surface area contributed by atoms with Crippen LogP contribution < -0.4 is 0 Å². The summed E-state index contributed by atoms with van der Waals surface area (Å²) in [5, 5.41) is 4.10. The van der Waals surface area contributed by atoms with Gasteiger partial charge in [0, 0.05) is 18.7 Å². The Morgan fingerprint density at radius 2 is 2.19 bits per heavy atom. The van der Waals surface area contributed by atoms with Crippen LogP contribution in [0, 0.1) is 0 Å². The third-order valence-electron chi connectivity index (χ3n) is 5.06. The standard InChI is InChI=1S/C18H19N5O3/c1-11-15(17-20-16(21-26-17)12-2-3-12)23(6-7-25-11)18(24)13-4-5-14-8-19-10-22(14)9-13/h4-5,8-12,15H,2-3,6-7H2,1H3/t11-,15+/m1/s1. The van der Waals surface area contributed by atoms with Gasteiger partial charge in [0.05, 0.1) is 36.3 Å². The molecule has 1 aliphatic carbocycles. The number of imidazole rings is 1. The summed E-state index contributed by atoms with van der Waals surface area (Å²) in [7, 11) is 0. The molecular weight excluding hydrogens is 334 g/mol. The molecule has 3 aromatic rings. The zero-order valence-electron chi connectivity index (χ0n) is 14.4. The first-order chi connectivity index (χ1) is 12.7. The van der Waals surface area contributed by atoms with Crippen molar-refractivity contribution in [3.8, 4) is 0 Å². The molecule has 2 fully saturated rings. The van der Waals surface area contributed by atoms with E-state index in [0.717, 1.165) is 24.2 Å². The molecule has 3 aromatic heterocycles. The molecule has 0 radical (unpaired) electrons. The Morgan fingerprint density at radius 3 is 3.04 bits per heavy atom. The SMILES string of the molecule is C[C@H]1OCCN(C(=O)c2ccc3cncn3c2)[C@@H]1c1nc(C2CC2)no1. The second-order valence-electron chi connectivity index (χ2n) is 6.93. The van der Waals surface area contributed by atoms with Crippen LogP contribution in [0.4, 0.5) is 0 Å². The number of rotatable bonds is 3. The van der Waals surface area contributed by atoms with Gasteiger partial charge >= 0.3 is 0 Å². The Hall–Kier alpha value is -2.74. The first-order valence-corrected chi connectivity index (χ1v) is 8.88. The maximum Gasteiger partial charge on any atom is 0.256 e. The second kappa shape index (κ2) is 5.91. The number of ether oxygens (including phenoxy) is 1. The number of aromatic nitrogens is 4. The summed E-state index contributed by atoms with van der Waals surface area (Å²) in [5.74, 6) is 1.52. The summed E-state index contributed by atoms with van der Waals surface area (Å²) >= 11 is 0. The van der Waals surface area contributed by atoms with E-state index in [4.69, 9.17) is 9.26 Å². The van der Waals surface area contributed by atoms with Crippen molar-refractivity contribution in [1.82, 2.24) is 24.4 Å². The molecule has 26 heavy (non-hydrogen) atoms. The highest BCUT2D eigenvalue weighted by molar-refractivity contribution is 5.94. The number of carbonyl (C=O) groups excluding carboxylic acids is 1. The molecule has 1 saturated heterocycles. The Morgan fingerprint density at radius 1 is 1.31 bits per heavy atom. The molecule has 0 unspecified atom stereocenters. The van der Waals surface area contributed by atoms with E-state index in [1.165, 1.54) is 0 Å². The van der Waals surface area contributed by atoms with Crippen LogP contribution in [0.1, 0.15) is 53.8 Å². The Kier molecular flexibility index (Phi) is 3.53. The van der Waals surface area contributed by atoms with E-state index in [0.29, 0.717) is 30.5 Å². The van der Waals surface area contributed by atoms with Crippen LogP contribution >= 0.6 is 0 Å². The van der Waals surface area contributed by atoms with Gasteiger partial charge in [-0.15, -0.1) is 0 Å². The number of nitrogens with zero attached hydrogens (tertiary/aromatic N) is 5. The summed E-state index contributed by atoms with van der Waals surface area (Å²) in [6.45, 7) is 2.90. The number of carbonyl (C=O) groups is 1. The predicted octanol–water partition coefficient (Wildman–Crippen LogP) is 2.20. The Balaban J connectivity index is 1.48. The molecule has 8 nitrogen and oxygen atoms in total. The number of amides is 1. The zero-order valence-corrected chi connectivity index (χ0v) is 14.4. The summed E-state index contributed by atoms with van der Waals surface area (Å²) in [5.41, 5.74) is 1.54. The minimum atomic E-state index is -0.380. The minimum absolute atomic E-state index is 0.0769. The van der Waals surface area contributed by atoms with Crippen molar-refractivity contribution >= 4 is 11.4 Å². The maximum atomic E-state index is 13.2. The molecule has 1 amide bonds. The molecule has 0 aromatic carbocycles. The molecule has 1 saturated carbocycles. The van der Waals surface area contributed by atoms with Gasteiger partial charge in [0.25, 0.3) is 11.8 Å². The van der Waals surface area contributed by atoms with Crippen molar-refractivity contribution in [3.05, 3.63) is 48.1 Å². The summed E-state index contributed by atoms with van der Waals surface area (Å²) in [6, 6.07) is 3.33. The van der Waals surface area contributed by atoms with Gasteiger partial charge in [-0.3, -0.25) is 4.79 Å². The molecule has 2 aliphatic rings. The van der Waals surface area contributed by atoms with E-state index in [1.54, 1.807) is 23.6 Å². The Bertz CT molecular complexity index is 961. The second-order valence-corrected chi connectivity index (χ2v) is 6.93. The van der Waals surface area contributed by atoms with Crippen molar-refractivity contribution in [2.24, 2.45) is 0 Å². The summed E-state index contributed by atoms with van der Waals surface area (Å²) in [6.07, 6.45) is 7.23. The van der Waals surface area contributed by atoms with Gasteiger partial charge in [-0.1, -0.05) is 5.16 Å². The van der Waals surface area contributed by atoms with E-state index in [1.807, 2.05) is 23.5 Å². The molecule has 4 heterocycles. The molecule has 0 N–H and O–H groups in total. The van der Waals surface area contributed by atoms with Gasteiger partial charge in [0.1, 0.15) is 6.04 Å². The third-order valence-corrected chi connectivity index (χ3v) is 5.06. The van der Waals surface area contributed by atoms with Gasteiger partial charge in [0.15, 0.2) is 5.82 Å². The van der Waals surface area contributed by atoms with Crippen LogP contribution in [0.25, 0.3) is 5.52 Å². The molecule has 0 bridgehead atoms. The first kappa shape index (κ1) is 15.5. The van der Waals surface area contributed by atoms with Crippen LogP contribution in [-0.2, 0) is 4.74 Å². The third kappa shape index (κ3) is 2.57. The monoisotopic (exact) mass is 353 g/mol. The lowest BCUT2D eigenvalue weighted by atomic mass is 10.1.